The summed E-state index contributed by atoms with van der Waals surface area (Å²) >= 11 is 0. The number of aryl methyl sites for hydroxylation is 1. The van der Waals surface area contributed by atoms with Crippen LogP contribution in [-0.2, 0) is 11.2 Å². The van der Waals surface area contributed by atoms with Crippen molar-refractivity contribution in [1.29, 1.82) is 0 Å². The summed E-state index contributed by atoms with van der Waals surface area (Å²) in [5.74, 6) is 1.03. The van der Waals surface area contributed by atoms with Crippen LogP contribution in [0.4, 0.5) is 0 Å². The van der Waals surface area contributed by atoms with Gasteiger partial charge in [0.2, 0.25) is 0 Å². The molecule has 116 valence electrons. The van der Waals surface area contributed by atoms with Crippen molar-refractivity contribution in [2.24, 2.45) is 0 Å². The standard InChI is InChI=1S/C19H28O2/c1-3-4-5-6-7-8-9-12-17-13-10-11-14-18(17)20-15-19(2)16-21-19/h3,10-11,13-14H,1,4-9,12,15-16H2,2H3. The largest absolute Gasteiger partial charge is 0.490 e. The van der Waals surface area contributed by atoms with Gasteiger partial charge in [-0.15, -0.1) is 6.58 Å². The quantitative estimate of drug-likeness (QED) is 0.327. The third-order valence-corrected chi connectivity index (χ3v) is 4.00. The van der Waals surface area contributed by atoms with Crippen LogP contribution in [0.5, 0.6) is 5.75 Å². The highest BCUT2D eigenvalue weighted by molar-refractivity contribution is 5.33. The predicted molar refractivity (Wildman–Crippen MR) is 87.9 cm³/mol. The summed E-state index contributed by atoms with van der Waals surface area (Å²) in [5.41, 5.74) is 1.28. The lowest BCUT2D eigenvalue weighted by molar-refractivity contribution is 0.201. The highest BCUT2D eigenvalue weighted by atomic mass is 16.6. The molecule has 0 radical (unpaired) electrons. The molecule has 0 N–H and O–H groups in total. The third kappa shape index (κ3) is 5.92. The van der Waals surface area contributed by atoms with Gasteiger partial charge < -0.3 is 9.47 Å². The fourth-order valence-electron chi connectivity index (χ4n) is 2.42. The Morgan fingerprint density at radius 3 is 2.67 bits per heavy atom. The van der Waals surface area contributed by atoms with Gasteiger partial charge in [-0.3, -0.25) is 0 Å². The average Bonchev–Trinajstić information content (AvgIpc) is 3.23. The van der Waals surface area contributed by atoms with Gasteiger partial charge in [-0.25, -0.2) is 0 Å². The first kappa shape index (κ1) is 16.1. The van der Waals surface area contributed by atoms with Gasteiger partial charge in [-0.2, -0.15) is 0 Å². The first-order valence-corrected chi connectivity index (χ1v) is 8.19. The molecular formula is C19H28O2. The second-order valence-corrected chi connectivity index (χ2v) is 6.23. The molecular weight excluding hydrogens is 260 g/mol. The molecule has 0 aliphatic carbocycles. The maximum atomic E-state index is 5.94. The van der Waals surface area contributed by atoms with Gasteiger partial charge in [0, 0.05) is 0 Å². The van der Waals surface area contributed by atoms with Crippen LogP contribution in [0.1, 0.15) is 51.0 Å². The third-order valence-electron chi connectivity index (χ3n) is 4.00. The van der Waals surface area contributed by atoms with E-state index in [0.29, 0.717) is 6.61 Å². The zero-order valence-electron chi connectivity index (χ0n) is 13.3. The summed E-state index contributed by atoms with van der Waals surface area (Å²) in [6, 6.07) is 8.40. The summed E-state index contributed by atoms with van der Waals surface area (Å²) in [4.78, 5) is 0. The summed E-state index contributed by atoms with van der Waals surface area (Å²) in [6.07, 6.45) is 10.7. The summed E-state index contributed by atoms with van der Waals surface area (Å²) in [6.45, 7) is 7.33. The Hall–Kier alpha value is -1.28. The molecule has 2 rings (SSSR count). The van der Waals surface area contributed by atoms with Crippen LogP contribution < -0.4 is 4.74 Å². The van der Waals surface area contributed by atoms with E-state index in [0.717, 1.165) is 25.2 Å². The minimum Gasteiger partial charge on any atom is -0.490 e. The maximum absolute atomic E-state index is 5.94. The molecule has 2 heteroatoms. The number of ether oxygens (including phenoxy) is 2. The van der Waals surface area contributed by atoms with Crippen LogP contribution >= 0.6 is 0 Å². The van der Waals surface area contributed by atoms with Crippen molar-refractivity contribution in [3.8, 4) is 5.75 Å². The predicted octanol–water partition coefficient (Wildman–Crippen LogP) is 4.92. The molecule has 21 heavy (non-hydrogen) atoms. The average molecular weight is 288 g/mol. The van der Waals surface area contributed by atoms with Crippen LogP contribution in [0.25, 0.3) is 0 Å². The summed E-state index contributed by atoms with van der Waals surface area (Å²) < 4.78 is 11.3. The van der Waals surface area contributed by atoms with Crippen LogP contribution in [0, 0.1) is 0 Å². The van der Waals surface area contributed by atoms with Crippen molar-refractivity contribution in [2.45, 2.75) is 57.5 Å². The van der Waals surface area contributed by atoms with E-state index in [9.17, 15) is 0 Å². The number of hydrogen-bond acceptors (Lipinski definition) is 2. The molecule has 0 bridgehead atoms. The summed E-state index contributed by atoms with van der Waals surface area (Å²) in [5, 5.41) is 0. The number of allylic oxidation sites excluding steroid dienone is 1. The Morgan fingerprint density at radius 2 is 1.90 bits per heavy atom. The first-order valence-electron chi connectivity index (χ1n) is 8.19. The van der Waals surface area contributed by atoms with Crippen molar-refractivity contribution in [1.82, 2.24) is 0 Å². The van der Waals surface area contributed by atoms with Gasteiger partial charge in [0.15, 0.2) is 0 Å². The Kier molecular flexibility index (Phi) is 6.31. The van der Waals surface area contributed by atoms with Crippen LogP contribution in [0.3, 0.4) is 0 Å². The van der Waals surface area contributed by atoms with Gasteiger partial charge >= 0.3 is 0 Å². The highest BCUT2D eigenvalue weighted by Crippen LogP contribution is 2.28. The number of rotatable bonds is 11. The molecule has 0 spiro atoms. The van der Waals surface area contributed by atoms with E-state index in [2.05, 4.69) is 31.7 Å². The zero-order chi connectivity index (χ0) is 15.0. The Balaban J connectivity index is 1.68. The molecule has 1 atom stereocenters. The Labute approximate surface area is 129 Å². The van der Waals surface area contributed by atoms with E-state index in [4.69, 9.17) is 9.47 Å². The van der Waals surface area contributed by atoms with Gasteiger partial charge in [0.05, 0.1) is 6.61 Å². The van der Waals surface area contributed by atoms with Crippen molar-refractivity contribution >= 4 is 0 Å². The number of epoxide rings is 1. The fraction of sp³-hybridized carbons (Fsp3) is 0.579. The van der Waals surface area contributed by atoms with E-state index < -0.39 is 0 Å². The SMILES string of the molecule is C=CCCCCCCCc1ccccc1OCC1(C)CO1. The molecule has 0 amide bonds. The highest BCUT2D eigenvalue weighted by Gasteiger charge is 2.40. The van der Waals surface area contributed by atoms with E-state index in [-0.39, 0.29) is 5.60 Å². The van der Waals surface area contributed by atoms with E-state index in [1.807, 2.05) is 12.1 Å². The number of para-hydroxylation sites is 1. The van der Waals surface area contributed by atoms with Crippen molar-refractivity contribution in [3.05, 3.63) is 42.5 Å². The second-order valence-electron chi connectivity index (χ2n) is 6.23. The lowest BCUT2D eigenvalue weighted by Crippen LogP contribution is -2.17. The van der Waals surface area contributed by atoms with Crippen LogP contribution in [-0.4, -0.2) is 18.8 Å². The topological polar surface area (TPSA) is 21.8 Å². The molecule has 1 aromatic carbocycles. The molecule has 0 aromatic heterocycles. The molecule has 1 aromatic rings. The van der Waals surface area contributed by atoms with Gasteiger partial charge in [0.25, 0.3) is 0 Å². The van der Waals surface area contributed by atoms with Crippen LogP contribution in [0.2, 0.25) is 0 Å². The Bertz CT molecular complexity index is 435. The molecule has 1 aliphatic rings. The molecule has 1 aliphatic heterocycles. The smallest absolute Gasteiger partial charge is 0.123 e. The van der Waals surface area contributed by atoms with Gasteiger partial charge in [-0.1, -0.05) is 43.5 Å². The number of benzene rings is 1. The second kappa shape index (κ2) is 8.23. The van der Waals surface area contributed by atoms with Crippen molar-refractivity contribution < 1.29 is 9.47 Å². The fourth-order valence-corrected chi connectivity index (χ4v) is 2.42. The molecule has 0 saturated carbocycles. The normalized spacial score (nSPS) is 20.2. The van der Waals surface area contributed by atoms with E-state index >= 15 is 0 Å². The van der Waals surface area contributed by atoms with E-state index in [1.54, 1.807) is 0 Å². The number of hydrogen-bond donors (Lipinski definition) is 0. The minimum absolute atomic E-state index is 0.0434. The van der Waals surface area contributed by atoms with Crippen molar-refractivity contribution in [2.75, 3.05) is 13.2 Å². The zero-order valence-corrected chi connectivity index (χ0v) is 13.3. The number of unbranched alkanes of at least 4 members (excludes halogenated alkanes) is 5. The molecule has 1 saturated heterocycles. The summed E-state index contributed by atoms with van der Waals surface area (Å²) in [7, 11) is 0. The lowest BCUT2D eigenvalue weighted by atomic mass is 10.0. The Morgan fingerprint density at radius 1 is 1.19 bits per heavy atom. The van der Waals surface area contributed by atoms with Crippen molar-refractivity contribution in [3.63, 3.8) is 0 Å². The van der Waals surface area contributed by atoms with Gasteiger partial charge in [0.1, 0.15) is 18.0 Å². The molecule has 1 unspecified atom stereocenters. The molecule has 2 nitrogen and oxygen atoms in total. The lowest BCUT2D eigenvalue weighted by Gasteiger charge is -2.13. The van der Waals surface area contributed by atoms with Crippen LogP contribution in [0.15, 0.2) is 36.9 Å². The molecule has 1 fully saturated rings. The maximum Gasteiger partial charge on any atom is 0.123 e. The molecule has 1 heterocycles. The van der Waals surface area contributed by atoms with Gasteiger partial charge in [-0.05, 0) is 44.2 Å². The minimum atomic E-state index is -0.0434. The monoisotopic (exact) mass is 288 g/mol. The van der Waals surface area contributed by atoms with E-state index in [1.165, 1.54) is 37.7 Å². The first-order chi connectivity index (χ1) is 10.2.